The lowest BCUT2D eigenvalue weighted by Crippen LogP contribution is -2.00. The summed E-state index contributed by atoms with van der Waals surface area (Å²) in [5.74, 6) is 1.77. The van der Waals surface area contributed by atoms with E-state index in [1.165, 1.54) is 11.1 Å². The van der Waals surface area contributed by atoms with Crippen molar-refractivity contribution in [3.05, 3.63) is 95.6 Å². The fourth-order valence-electron chi connectivity index (χ4n) is 1.73. The molecule has 2 bridgehead atoms. The number of rotatable bonds is 0. The van der Waals surface area contributed by atoms with E-state index in [2.05, 4.69) is 19.9 Å². The van der Waals surface area contributed by atoms with E-state index in [1.54, 1.807) is 0 Å². The fraction of sp³-hybridized carbons (Fsp3) is 0.111. The molecule has 2 heterocycles. The van der Waals surface area contributed by atoms with Gasteiger partial charge in [0.05, 0.1) is 0 Å². The lowest BCUT2D eigenvalue weighted by molar-refractivity contribution is 0.326. The normalized spacial score (nSPS) is 30.0. The van der Waals surface area contributed by atoms with Crippen LogP contribution in [0.15, 0.2) is 95.6 Å². The number of hydrogen-bond donors (Lipinski definition) is 0. The molecular formula is C18H18O. The third kappa shape index (κ3) is 3.85. The second kappa shape index (κ2) is 6.60. The van der Waals surface area contributed by atoms with E-state index in [1.807, 2.05) is 66.8 Å². The molecular weight excluding hydrogens is 232 g/mol. The quantitative estimate of drug-likeness (QED) is 0.593. The largest absolute Gasteiger partial charge is 0.457 e. The molecule has 19 heavy (non-hydrogen) atoms. The molecule has 0 spiro atoms. The Morgan fingerprint density at radius 3 is 2.00 bits per heavy atom. The van der Waals surface area contributed by atoms with Crippen molar-refractivity contribution in [2.45, 2.75) is 13.8 Å². The van der Waals surface area contributed by atoms with Crippen LogP contribution in [0.3, 0.4) is 0 Å². The first-order chi connectivity index (χ1) is 9.27. The SMILES string of the molecule is CC1=C\C2=C/C=C\C=C\C=C/C=C/C=C/C(=C1C)O2. The van der Waals surface area contributed by atoms with Crippen molar-refractivity contribution >= 4 is 0 Å². The van der Waals surface area contributed by atoms with Gasteiger partial charge in [-0.15, -0.1) is 0 Å². The minimum absolute atomic E-state index is 0.865. The lowest BCUT2D eigenvalue weighted by Gasteiger charge is -2.17. The van der Waals surface area contributed by atoms with E-state index in [0.29, 0.717) is 0 Å². The van der Waals surface area contributed by atoms with Crippen LogP contribution in [-0.4, -0.2) is 0 Å². The van der Waals surface area contributed by atoms with Crippen LogP contribution in [0.4, 0.5) is 0 Å². The Morgan fingerprint density at radius 2 is 1.32 bits per heavy atom. The zero-order chi connectivity index (χ0) is 13.5. The topological polar surface area (TPSA) is 9.23 Å². The molecule has 1 nitrogen and oxygen atoms in total. The molecule has 0 radical (unpaired) electrons. The summed E-state index contributed by atoms with van der Waals surface area (Å²) >= 11 is 0. The molecule has 0 aliphatic carbocycles. The summed E-state index contributed by atoms with van der Waals surface area (Å²) in [7, 11) is 0. The average molecular weight is 250 g/mol. The highest BCUT2D eigenvalue weighted by Crippen LogP contribution is 2.26. The highest BCUT2D eigenvalue weighted by atomic mass is 16.5. The van der Waals surface area contributed by atoms with Crippen molar-refractivity contribution in [3.8, 4) is 0 Å². The zero-order valence-electron chi connectivity index (χ0n) is 11.3. The number of fused-ring (bicyclic) bond motifs is 2. The molecule has 0 N–H and O–H groups in total. The fourth-order valence-corrected chi connectivity index (χ4v) is 1.73. The average Bonchev–Trinajstić information content (AvgIpc) is 2.40. The van der Waals surface area contributed by atoms with Gasteiger partial charge in [-0.2, -0.15) is 0 Å². The number of ether oxygens (including phenoxy) is 1. The van der Waals surface area contributed by atoms with Gasteiger partial charge >= 0.3 is 0 Å². The van der Waals surface area contributed by atoms with Crippen LogP contribution < -0.4 is 0 Å². The zero-order valence-corrected chi connectivity index (χ0v) is 11.3. The molecule has 0 saturated carbocycles. The molecule has 0 fully saturated rings. The van der Waals surface area contributed by atoms with Crippen LogP contribution in [0.5, 0.6) is 0 Å². The second-order valence-electron chi connectivity index (χ2n) is 4.39. The van der Waals surface area contributed by atoms with Crippen molar-refractivity contribution < 1.29 is 4.74 Å². The summed E-state index contributed by atoms with van der Waals surface area (Å²) in [5, 5.41) is 0. The van der Waals surface area contributed by atoms with Crippen LogP contribution in [0, 0.1) is 0 Å². The van der Waals surface area contributed by atoms with Crippen molar-refractivity contribution in [1.82, 2.24) is 0 Å². The summed E-state index contributed by atoms with van der Waals surface area (Å²) in [6.07, 6.45) is 23.9. The lowest BCUT2D eigenvalue weighted by atomic mass is 10.0. The molecule has 0 aromatic carbocycles. The van der Waals surface area contributed by atoms with E-state index >= 15 is 0 Å². The van der Waals surface area contributed by atoms with Gasteiger partial charge < -0.3 is 4.74 Å². The third-order valence-electron chi connectivity index (χ3n) is 2.94. The standard InChI is InChI=1S/C18H18O/c1-15-14-17-12-10-8-6-4-3-5-7-9-11-13-18(19-17)16(15)2/h3-14H,1-2H3/b4-3?,5-3-,6-4+,7-5?,8-6?,9-7+,10-8-,11-9?,12-10?,13-11+,17-12+,18-13?. The molecule has 2 aliphatic rings. The van der Waals surface area contributed by atoms with Crippen LogP contribution in [0.25, 0.3) is 0 Å². The summed E-state index contributed by atoms with van der Waals surface area (Å²) in [5.41, 5.74) is 2.41. The smallest absolute Gasteiger partial charge is 0.130 e. The first-order valence-corrected chi connectivity index (χ1v) is 6.40. The Morgan fingerprint density at radius 1 is 0.737 bits per heavy atom. The molecule has 0 atom stereocenters. The van der Waals surface area contributed by atoms with Crippen molar-refractivity contribution in [2.75, 3.05) is 0 Å². The minimum Gasteiger partial charge on any atom is -0.457 e. The molecule has 0 amide bonds. The van der Waals surface area contributed by atoms with Gasteiger partial charge in [0.2, 0.25) is 0 Å². The molecule has 1 heteroatoms. The van der Waals surface area contributed by atoms with E-state index < -0.39 is 0 Å². The monoisotopic (exact) mass is 250 g/mol. The Kier molecular flexibility index (Phi) is 4.57. The molecule has 2 aliphatic heterocycles. The van der Waals surface area contributed by atoms with E-state index in [4.69, 9.17) is 4.74 Å². The van der Waals surface area contributed by atoms with Gasteiger partial charge in [0.25, 0.3) is 0 Å². The Labute approximate surface area is 115 Å². The van der Waals surface area contributed by atoms with Crippen molar-refractivity contribution in [1.29, 1.82) is 0 Å². The van der Waals surface area contributed by atoms with Gasteiger partial charge in [-0.25, -0.2) is 0 Å². The Hall–Kier alpha value is -2.28. The summed E-state index contributed by atoms with van der Waals surface area (Å²) in [6.45, 7) is 4.18. The molecule has 96 valence electrons. The maximum Gasteiger partial charge on any atom is 0.130 e. The maximum absolute atomic E-state index is 5.86. The first kappa shape index (κ1) is 13.2. The predicted molar refractivity (Wildman–Crippen MR) is 81.3 cm³/mol. The molecule has 2 rings (SSSR count). The van der Waals surface area contributed by atoms with Gasteiger partial charge in [0.15, 0.2) is 0 Å². The predicted octanol–water partition coefficient (Wildman–Crippen LogP) is 4.92. The van der Waals surface area contributed by atoms with Crippen LogP contribution >= 0.6 is 0 Å². The highest BCUT2D eigenvalue weighted by molar-refractivity contribution is 5.44. The van der Waals surface area contributed by atoms with E-state index in [0.717, 1.165) is 11.5 Å². The van der Waals surface area contributed by atoms with E-state index in [-0.39, 0.29) is 0 Å². The summed E-state index contributed by atoms with van der Waals surface area (Å²) in [4.78, 5) is 0. The van der Waals surface area contributed by atoms with Crippen LogP contribution in [0.2, 0.25) is 0 Å². The third-order valence-corrected chi connectivity index (χ3v) is 2.94. The molecule has 0 unspecified atom stereocenters. The van der Waals surface area contributed by atoms with Gasteiger partial charge in [0, 0.05) is 0 Å². The van der Waals surface area contributed by atoms with Gasteiger partial charge in [-0.05, 0) is 43.2 Å². The number of allylic oxidation sites excluding steroid dienone is 14. The van der Waals surface area contributed by atoms with Gasteiger partial charge in [0.1, 0.15) is 11.5 Å². The maximum atomic E-state index is 5.86. The van der Waals surface area contributed by atoms with Crippen molar-refractivity contribution in [2.24, 2.45) is 0 Å². The first-order valence-electron chi connectivity index (χ1n) is 6.40. The van der Waals surface area contributed by atoms with E-state index in [9.17, 15) is 0 Å². The van der Waals surface area contributed by atoms with Crippen LogP contribution in [0.1, 0.15) is 13.8 Å². The molecule has 0 saturated heterocycles. The number of hydrogen-bond acceptors (Lipinski definition) is 1. The van der Waals surface area contributed by atoms with Gasteiger partial charge in [-0.1, -0.05) is 54.7 Å². The van der Waals surface area contributed by atoms with Crippen LogP contribution in [-0.2, 0) is 4.74 Å². The Bertz CT molecular complexity index is 573. The van der Waals surface area contributed by atoms with Gasteiger partial charge in [-0.3, -0.25) is 0 Å². The van der Waals surface area contributed by atoms with Crippen molar-refractivity contribution in [3.63, 3.8) is 0 Å². The summed E-state index contributed by atoms with van der Waals surface area (Å²) in [6, 6.07) is 0. The second-order valence-corrected chi connectivity index (χ2v) is 4.39. The Balaban J connectivity index is 2.37. The molecule has 0 aromatic heterocycles. The summed E-state index contributed by atoms with van der Waals surface area (Å²) < 4.78 is 5.86. The minimum atomic E-state index is 0.865. The molecule has 0 aromatic rings. The highest BCUT2D eigenvalue weighted by Gasteiger charge is 2.11.